The molecule has 1 amide bonds. The monoisotopic (exact) mass is 436 g/mol. The molecule has 1 N–H and O–H groups in total. The number of amides is 1. The smallest absolute Gasteiger partial charge is 0.251 e. The van der Waals surface area contributed by atoms with Crippen LogP contribution in [0.5, 0.6) is 0 Å². The Morgan fingerprint density at radius 2 is 1.81 bits per heavy atom. The number of aromatic nitrogens is 2. The summed E-state index contributed by atoms with van der Waals surface area (Å²) in [6.07, 6.45) is 1.65. The Morgan fingerprint density at radius 1 is 1.03 bits per heavy atom. The van der Waals surface area contributed by atoms with Crippen LogP contribution in [0.4, 0.5) is 0 Å². The van der Waals surface area contributed by atoms with Gasteiger partial charge in [-0.05, 0) is 54.1 Å². The number of furan rings is 1. The third-order valence-electron chi connectivity index (χ3n) is 4.74. The second-order valence-corrected chi connectivity index (χ2v) is 7.46. The van der Waals surface area contributed by atoms with Crippen molar-refractivity contribution in [3.8, 4) is 11.4 Å². The summed E-state index contributed by atoms with van der Waals surface area (Å²) in [7, 11) is 1.62. The van der Waals surface area contributed by atoms with Crippen LogP contribution in [0.15, 0.2) is 75.9 Å². The number of rotatable bonds is 8. The molecule has 0 atom stereocenters. The SMILES string of the molecule is CNC(=O)c1ccc(CN(Cc2ccco2)Cc2nc(-c3ccc(Cl)cc3)no2)cc1. The molecule has 0 unspecified atom stereocenters. The van der Waals surface area contributed by atoms with E-state index in [-0.39, 0.29) is 5.91 Å². The molecule has 0 radical (unpaired) electrons. The lowest BCUT2D eigenvalue weighted by molar-refractivity contribution is 0.0963. The van der Waals surface area contributed by atoms with Gasteiger partial charge in [0.2, 0.25) is 11.7 Å². The van der Waals surface area contributed by atoms with Crippen LogP contribution in [0.2, 0.25) is 5.02 Å². The van der Waals surface area contributed by atoms with Crippen LogP contribution in [0.1, 0.15) is 27.6 Å². The van der Waals surface area contributed by atoms with E-state index in [0.29, 0.717) is 41.9 Å². The summed E-state index contributed by atoms with van der Waals surface area (Å²) in [5, 5.41) is 7.37. The number of carbonyl (C=O) groups is 1. The zero-order chi connectivity index (χ0) is 21.6. The van der Waals surface area contributed by atoms with Crippen molar-refractivity contribution < 1.29 is 13.7 Å². The first-order chi connectivity index (χ1) is 15.1. The molecule has 4 aromatic rings. The van der Waals surface area contributed by atoms with Crippen LogP contribution < -0.4 is 5.32 Å². The van der Waals surface area contributed by atoms with E-state index in [1.54, 1.807) is 25.4 Å². The highest BCUT2D eigenvalue weighted by atomic mass is 35.5. The molecular weight excluding hydrogens is 416 g/mol. The lowest BCUT2D eigenvalue weighted by atomic mass is 10.1. The zero-order valence-electron chi connectivity index (χ0n) is 16.9. The van der Waals surface area contributed by atoms with E-state index in [1.165, 1.54) is 0 Å². The number of carbonyl (C=O) groups excluding carboxylic acids is 1. The molecule has 31 heavy (non-hydrogen) atoms. The summed E-state index contributed by atoms with van der Waals surface area (Å²) < 4.78 is 11.0. The number of halogens is 1. The first kappa shape index (κ1) is 20.8. The predicted octanol–water partition coefficient (Wildman–Crippen LogP) is 4.55. The summed E-state index contributed by atoms with van der Waals surface area (Å²) in [5.41, 5.74) is 2.51. The van der Waals surface area contributed by atoms with Crippen molar-refractivity contribution in [1.29, 1.82) is 0 Å². The number of nitrogens with one attached hydrogen (secondary N) is 1. The number of hydrogen-bond donors (Lipinski definition) is 1. The summed E-state index contributed by atoms with van der Waals surface area (Å²) in [6, 6.07) is 18.6. The number of nitrogens with zero attached hydrogens (tertiary/aromatic N) is 3. The highest BCUT2D eigenvalue weighted by Crippen LogP contribution is 2.20. The highest BCUT2D eigenvalue weighted by Gasteiger charge is 2.16. The van der Waals surface area contributed by atoms with Gasteiger partial charge in [0.1, 0.15) is 5.76 Å². The minimum Gasteiger partial charge on any atom is -0.468 e. The van der Waals surface area contributed by atoms with Crippen molar-refractivity contribution in [2.24, 2.45) is 0 Å². The van der Waals surface area contributed by atoms with Crippen molar-refractivity contribution in [3.63, 3.8) is 0 Å². The average molecular weight is 437 g/mol. The lowest BCUT2D eigenvalue weighted by Crippen LogP contribution is -2.22. The summed E-state index contributed by atoms with van der Waals surface area (Å²) in [5.74, 6) is 1.73. The second kappa shape index (κ2) is 9.59. The Bertz CT molecular complexity index is 1120. The molecule has 2 aromatic heterocycles. The molecule has 0 bridgehead atoms. The van der Waals surface area contributed by atoms with E-state index >= 15 is 0 Å². The molecule has 0 aliphatic heterocycles. The quantitative estimate of drug-likeness (QED) is 0.436. The van der Waals surface area contributed by atoms with Gasteiger partial charge in [-0.1, -0.05) is 28.9 Å². The van der Waals surface area contributed by atoms with Crippen LogP contribution >= 0.6 is 11.6 Å². The third-order valence-corrected chi connectivity index (χ3v) is 4.99. The van der Waals surface area contributed by atoms with Crippen LogP contribution in [0.3, 0.4) is 0 Å². The molecule has 8 heteroatoms. The standard InChI is InChI=1S/C23H21ClN4O3/c1-25-23(29)18-6-4-16(5-7-18)13-28(14-20-3-2-12-30-20)15-21-26-22(27-31-21)17-8-10-19(24)11-9-17/h2-12H,13-15H2,1H3,(H,25,29). The van der Waals surface area contributed by atoms with Gasteiger partial charge in [0.15, 0.2) is 0 Å². The first-order valence-electron chi connectivity index (χ1n) is 9.75. The van der Waals surface area contributed by atoms with E-state index in [4.69, 9.17) is 20.5 Å². The van der Waals surface area contributed by atoms with Crippen LogP contribution in [0.25, 0.3) is 11.4 Å². The van der Waals surface area contributed by atoms with E-state index in [1.807, 2.05) is 48.5 Å². The van der Waals surface area contributed by atoms with Gasteiger partial charge in [-0.3, -0.25) is 9.69 Å². The second-order valence-electron chi connectivity index (χ2n) is 7.02. The summed E-state index contributed by atoms with van der Waals surface area (Å²) in [4.78, 5) is 18.4. The molecular formula is C23H21ClN4O3. The normalized spacial score (nSPS) is 11.1. The van der Waals surface area contributed by atoms with Gasteiger partial charge in [0.05, 0.1) is 19.4 Å². The van der Waals surface area contributed by atoms with Crippen molar-refractivity contribution in [2.75, 3.05) is 7.05 Å². The molecule has 0 spiro atoms. The van der Waals surface area contributed by atoms with Crippen LogP contribution in [-0.4, -0.2) is 28.0 Å². The van der Waals surface area contributed by atoms with E-state index in [9.17, 15) is 4.79 Å². The van der Waals surface area contributed by atoms with Crippen molar-refractivity contribution in [3.05, 3.63) is 94.7 Å². The van der Waals surface area contributed by atoms with Crippen molar-refractivity contribution in [1.82, 2.24) is 20.4 Å². The van der Waals surface area contributed by atoms with Gasteiger partial charge >= 0.3 is 0 Å². The van der Waals surface area contributed by atoms with Crippen molar-refractivity contribution in [2.45, 2.75) is 19.6 Å². The maximum atomic E-state index is 11.8. The van der Waals surface area contributed by atoms with E-state index < -0.39 is 0 Å². The van der Waals surface area contributed by atoms with Gasteiger partial charge in [0.25, 0.3) is 5.91 Å². The fourth-order valence-electron chi connectivity index (χ4n) is 3.18. The fraction of sp³-hybridized carbons (Fsp3) is 0.174. The molecule has 0 aliphatic rings. The van der Waals surface area contributed by atoms with Crippen molar-refractivity contribution >= 4 is 17.5 Å². The highest BCUT2D eigenvalue weighted by molar-refractivity contribution is 6.30. The Balaban J connectivity index is 1.50. The van der Waals surface area contributed by atoms with Gasteiger partial charge in [-0.2, -0.15) is 4.98 Å². The molecule has 4 rings (SSSR count). The van der Waals surface area contributed by atoms with Gasteiger partial charge in [-0.25, -0.2) is 0 Å². The fourth-order valence-corrected chi connectivity index (χ4v) is 3.31. The maximum Gasteiger partial charge on any atom is 0.251 e. The maximum absolute atomic E-state index is 11.8. The van der Waals surface area contributed by atoms with Gasteiger partial charge in [0, 0.05) is 29.7 Å². The number of benzene rings is 2. The molecule has 0 fully saturated rings. The lowest BCUT2D eigenvalue weighted by Gasteiger charge is -2.19. The Labute approximate surface area is 184 Å². The Hall–Kier alpha value is -3.42. The zero-order valence-corrected chi connectivity index (χ0v) is 17.7. The van der Waals surface area contributed by atoms with Crippen LogP contribution in [-0.2, 0) is 19.6 Å². The predicted molar refractivity (Wildman–Crippen MR) is 116 cm³/mol. The molecule has 2 heterocycles. The van der Waals surface area contributed by atoms with E-state index in [2.05, 4.69) is 20.4 Å². The van der Waals surface area contributed by atoms with E-state index in [0.717, 1.165) is 16.9 Å². The minimum atomic E-state index is -0.111. The largest absolute Gasteiger partial charge is 0.468 e. The topological polar surface area (TPSA) is 84.4 Å². The molecule has 0 aliphatic carbocycles. The first-order valence-corrected chi connectivity index (χ1v) is 10.1. The summed E-state index contributed by atoms with van der Waals surface area (Å²) in [6.45, 7) is 1.63. The number of hydrogen-bond acceptors (Lipinski definition) is 6. The molecule has 0 saturated carbocycles. The average Bonchev–Trinajstić information content (AvgIpc) is 3.46. The molecule has 0 saturated heterocycles. The Kier molecular flexibility index (Phi) is 6.45. The Morgan fingerprint density at radius 3 is 2.48 bits per heavy atom. The van der Waals surface area contributed by atoms with Gasteiger partial charge < -0.3 is 14.3 Å². The van der Waals surface area contributed by atoms with Gasteiger partial charge in [-0.15, -0.1) is 0 Å². The third kappa shape index (κ3) is 5.39. The molecule has 2 aromatic carbocycles. The molecule has 7 nitrogen and oxygen atoms in total. The van der Waals surface area contributed by atoms with Crippen LogP contribution in [0, 0.1) is 0 Å². The molecule has 158 valence electrons. The summed E-state index contributed by atoms with van der Waals surface area (Å²) >= 11 is 5.95. The minimum absolute atomic E-state index is 0.111.